The maximum atomic E-state index is 14.0. The van der Waals surface area contributed by atoms with Crippen molar-refractivity contribution in [2.75, 3.05) is 12.8 Å². The fourth-order valence-corrected chi connectivity index (χ4v) is 2.06. The molecule has 2 aromatic rings. The van der Waals surface area contributed by atoms with Crippen LogP contribution in [0.5, 0.6) is 11.5 Å². The first-order valence-electron chi connectivity index (χ1n) is 6.04. The van der Waals surface area contributed by atoms with Gasteiger partial charge in [-0.3, -0.25) is 0 Å². The highest BCUT2D eigenvalue weighted by molar-refractivity contribution is 6.33. The molecular formula is C15H13ClFNO3. The Balaban J connectivity index is 2.53. The normalized spacial score (nSPS) is 10.3. The molecule has 6 heteroatoms. The summed E-state index contributed by atoms with van der Waals surface area (Å²) in [6, 6.07) is 7.46. The van der Waals surface area contributed by atoms with Crippen LogP contribution in [0, 0.1) is 12.7 Å². The first-order valence-corrected chi connectivity index (χ1v) is 6.42. The minimum atomic E-state index is -0.674. The van der Waals surface area contributed by atoms with Gasteiger partial charge in [0.1, 0.15) is 5.56 Å². The Labute approximate surface area is 126 Å². The standard InChI is InChI=1S/C15H13ClFNO3/c1-8-4-3-5-12(13(8)17)21-14-10(15(19)20-2)6-9(18)7-11(14)16/h3-7H,18H2,1-2H3. The lowest BCUT2D eigenvalue weighted by molar-refractivity contribution is 0.0598. The molecule has 0 aromatic heterocycles. The van der Waals surface area contributed by atoms with Crippen LogP contribution in [0.3, 0.4) is 0 Å². The van der Waals surface area contributed by atoms with Gasteiger partial charge in [-0.25, -0.2) is 9.18 Å². The lowest BCUT2D eigenvalue weighted by Crippen LogP contribution is -2.06. The van der Waals surface area contributed by atoms with E-state index >= 15 is 0 Å². The Bertz CT molecular complexity index is 704. The highest BCUT2D eigenvalue weighted by atomic mass is 35.5. The number of benzene rings is 2. The molecule has 0 unspecified atom stereocenters. The van der Waals surface area contributed by atoms with E-state index in [1.54, 1.807) is 19.1 Å². The molecule has 4 nitrogen and oxygen atoms in total. The predicted molar refractivity (Wildman–Crippen MR) is 78.4 cm³/mol. The second kappa shape index (κ2) is 6.01. The van der Waals surface area contributed by atoms with Gasteiger partial charge in [-0.15, -0.1) is 0 Å². The van der Waals surface area contributed by atoms with Crippen molar-refractivity contribution in [2.45, 2.75) is 6.92 Å². The first kappa shape index (κ1) is 15.1. The monoisotopic (exact) mass is 309 g/mol. The van der Waals surface area contributed by atoms with Crippen molar-refractivity contribution in [1.82, 2.24) is 0 Å². The summed E-state index contributed by atoms with van der Waals surface area (Å²) in [6.07, 6.45) is 0. The van der Waals surface area contributed by atoms with Gasteiger partial charge in [-0.2, -0.15) is 0 Å². The van der Waals surface area contributed by atoms with Crippen LogP contribution in [-0.4, -0.2) is 13.1 Å². The minimum absolute atomic E-state index is 0.00205. The number of aryl methyl sites for hydroxylation is 1. The molecule has 110 valence electrons. The average molecular weight is 310 g/mol. The van der Waals surface area contributed by atoms with Gasteiger partial charge in [0.05, 0.1) is 12.1 Å². The minimum Gasteiger partial charge on any atom is -0.465 e. The third-order valence-corrected chi connectivity index (χ3v) is 3.12. The molecule has 2 N–H and O–H groups in total. The lowest BCUT2D eigenvalue weighted by Gasteiger charge is -2.13. The molecule has 0 heterocycles. The average Bonchev–Trinajstić information content (AvgIpc) is 2.45. The van der Waals surface area contributed by atoms with Crippen molar-refractivity contribution < 1.29 is 18.7 Å². The number of carbonyl (C=O) groups is 1. The zero-order chi connectivity index (χ0) is 15.6. The molecule has 0 aliphatic rings. The Morgan fingerprint density at radius 1 is 1.33 bits per heavy atom. The van der Waals surface area contributed by atoms with Crippen molar-refractivity contribution in [3.05, 3.63) is 52.3 Å². The fourth-order valence-electron chi connectivity index (χ4n) is 1.79. The summed E-state index contributed by atoms with van der Waals surface area (Å²) in [6.45, 7) is 1.61. The molecule has 0 aliphatic heterocycles. The maximum absolute atomic E-state index is 14.0. The van der Waals surface area contributed by atoms with Crippen LogP contribution in [0.25, 0.3) is 0 Å². The van der Waals surface area contributed by atoms with Crippen molar-refractivity contribution in [3.8, 4) is 11.5 Å². The summed E-state index contributed by atoms with van der Waals surface area (Å²) < 4.78 is 24.1. The van der Waals surface area contributed by atoms with Crippen LogP contribution in [0.15, 0.2) is 30.3 Å². The molecule has 0 amide bonds. The number of nitrogens with two attached hydrogens (primary N) is 1. The highest BCUT2D eigenvalue weighted by Crippen LogP contribution is 2.36. The molecule has 0 saturated carbocycles. The van der Waals surface area contributed by atoms with Crippen molar-refractivity contribution in [3.63, 3.8) is 0 Å². The molecular weight excluding hydrogens is 297 g/mol. The quantitative estimate of drug-likeness (QED) is 0.689. The van der Waals surface area contributed by atoms with Gasteiger partial charge in [0.2, 0.25) is 0 Å². The lowest BCUT2D eigenvalue weighted by atomic mass is 10.1. The van der Waals surface area contributed by atoms with Gasteiger partial charge < -0.3 is 15.2 Å². The summed E-state index contributed by atoms with van der Waals surface area (Å²) in [4.78, 5) is 11.8. The van der Waals surface area contributed by atoms with E-state index in [0.29, 0.717) is 5.56 Å². The molecule has 21 heavy (non-hydrogen) atoms. The first-order chi connectivity index (χ1) is 9.93. The van der Waals surface area contributed by atoms with Crippen molar-refractivity contribution in [1.29, 1.82) is 0 Å². The third kappa shape index (κ3) is 3.08. The van der Waals surface area contributed by atoms with Crippen LogP contribution in [0.4, 0.5) is 10.1 Å². The fraction of sp³-hybridized carbons (Fsp3) is 0.133. The maximum Gasteiger partial charge on any atom is 0.341 e. The Hall–Kier alpha value is -2.27. The van der Waals surface area contributed by atoms with Gasteiger partial charge in [0.25, 0.3) is 0 Å². The number of hydrogen-bond acceptors (Lipinski definition) is 4. The Morgan fingerprint density at radius 2 is 2.05 bits per heavy atom. The summed E-state index contributed by atoms with van der Waals surface area (Å²) in [5, 5.41) is 0.0938. The van der Waals surface area contributed by atoms with Crippen LogP contribution >= 0.6 is 11.6 Å². The largest absolute Gasteiger partial charge is 0.465 e. The number of nitrogen functional groups attached to an aromatic ring is 1. The topological polar surface area (TPSA) is 61.5 Å². The third-order valence-electron chi connectivity index (χ3n) is 2.84. The van der Waals surface area contributed by atoms with Gasteiger partial charge in [-0.05, 0) is 30.7 Å². The van der Waals surface area contributed by atoms with Gasteiger partial charge >= 0.3 is 5.97 Å². The van der Waals surface area contributed by atoms with Crippen LogP contribution in [0.1, 0.15) is 15.9 Å². The number of anilines is 1. The van der Waals surface area contributed by atoms with E-state index in [-0.39, 0.29) is 27.8 Å². The van der Waals surface area contributed by atoms with Crippen molar-refractivity contribution in [2.24, 2.45) is 0 Å². The zero-order valence-corrected chi connectivity index (χ0v) is 12.2. The Morgan fingerprint density at radius 3 is 2.71 bits per heavy atom. The summed E-state index contributed by atoms with van der Waals surface area (Å²) in [7, 11) is 1.22. The smallest absolute Gasteiger partial charge is 0.341 e. The number of rotatable bonds is 3. The molecule has 0 atom stereocenters. The molecule has 0 spiro atoms. The van der Waals surface area contributed by atoms with E-state index < -0.39 is 11.8 Å². The van der Waals surface area contributed by atoms with E-state index in [0.717, 1.165) is 0 Å². The second-order valence-corrected chi connectivity index (χ2v) is 4.77. The number of esters is 1. The molecule has 2 rings (SSSR count). The summed E-state index contributed by atoms with van der Waals surface area (Å²) in [5.74, 6) is -1.23. The van der Waals surface area contributed by atoms with Crippen molar-refractivity contribution >= 4 is 23.3 Å². The van der Waals surface area contributed by atoms with E-state index in [4.69, 9.17) is 22.1 Å². The highest BCUT2D eigenvalue weighted by Gasteiger charge is 2.20. The van der Waals surface area contributed by atoms with Gasteiger partial charge in [-0.1, -0.05) is 23.7 Å². The number of halogens is 2. The second-order valence-electron chi connectivity index (χ2n) is 4.36. The summed E-state index contributed by atoms with van der Waals surface area (Å²) in [5.41, 5.74) is 6.37. The number of methoxy groups -OCH3 is 1. The molecule has 0 radical (unpaired) electrons. The van der Waals surface area contributed by atoms with Crippen LogP contribution in [-0.2, 0) is 4.74 Å². The molecule has 2 aromatic carbocycles. The van der Waals surface area contributed by atoms with Gasteiger partial charge in [0.15, 0.2) is 17.3 Å². The van der Waals surface area contributed by atoms with E-state index in [9.17, 15) is 9.18 Å². The molecule has 0 bridgehead atoms. The number of carbonyl (C=O) groups excluding carboxylic acids is 1. The van der Waals surface area contributed by atoms with E-state index in [2.05, 4.69) is 4.74 Å². The number of ether oxygens (including phenoxy) is 2. The van der Waals surface area contributed by atoms with E-state index in [1.165, 1.54) is 25.3 Å². The molecule has 0 fully saturated rings. The zero-order valence-electron chi connectivity index (χ0n) is 11.4. The van der Waals surface area contributed by atoms with Crippen LogP contribution < -0.4 is 10.5 Å². The molecule has 0 saturated heterocycles. The van der Waals surface area contributed by atoms with E-state index in [1.807, 2.05) is 0 Å². The van der Waals surface area contributed by atoms with Crippen LogP contribution in [0.2, 0.25) is 5.02 Å². The molecule has 0 aliphatic carbocycles. The summed E-state index contributed by atoms with van der Waals surface area (Å²) >= 11 is 6.04. The number of hydrogen-bond donors (Lipinski definition) is 1. The predicted octanol–water partition coefficient (Wildman–Crippen LogP) is 3.95. The SMILES string of the molecule is COC(=O)c1cc(N)cc(Cl)c1Oc1cccc(C)c1F. The van der Waals surface area contributed by atoms with Gasteiger partial charge in [0, 0.05) is 5.69 Å². The Kier molecular flexibility index (Phi) is 4.33.